The van der Waals surface area contributed by atoms with Gasteiger partial charge in [0, 0.05) is 18.0 Å². The van der Waals surface area contributed by atoms with E-state index in [4.69, 9.17) is 14.5 Å². The van der Waals surface area contributed by atoms with Crippen molar-refractivity contribution >= 4 is 27.8 Å². The maximum atomic E-state index is 5.53. The average molecular weight is 417 g/mol. The van der Waals surface area contributed by atoms with Gasteiger partial charge >= 0.3 is 0 Å². The molecule has 2 aromatic heterocycles. The number of fused-ring (bicyclic) bond motifs is 4. The molecule has 7 heteroatoms. The average Bonchev–Trinajstić information content (AvgIpc) is 3.37. The molecule has 0 spiro atoms. The lowest BCUT2D eigenvalue weighted by Gasteiger charge is -2.33. The topological polar surface area (TPSA) is 56.9 Å². The van der Waals surface area contributed by atoms with Crippen molar-refractivity contribution in [1.82, 2.24) is 14.5 Å². The first-order chi connectivity index (χ1) is 15.2. The van der Waals surface area contributed by atoms with Crippen LogP contribution in [0.1, 0.15) is 11.1 Å². The minimum absolute atomic E-state index is 0.325. The van der Waals surface area contributed by atoms with Gasteiger partial charge in [0.05, 0.1) is 31.7 Å². The fourth-order valence-corrected chi connectivity index (χ4v) is 4.91. The van der Waals surface area contributed by atoms with Gasteiger partial charge in [-0.05, 0) is 37.3 Å². The lowest BCUT2D eigenvalue weighted by atomic mass is 10.1. The maximum absolute atomic E-state index is 5.53. The van der Waals surface area contributed by atoms with Crippen LogP contribution in [0.5, 0.6) is 11.5 Å². The zero-order valence-corrected chi connectivity index (χ0v) is 17.9. The molecule has 0 amide bonds. The molecule has 31 heavy (non-hydrogen) atoms. The summed E-state index contributed by atoms with van der Waals surface area (Å²) in [5.74, 6) is 2.76. The van der Waals surface area contributed by atoms with Crippen molar-refractivity contribution < 1.29 is 14.4 Å². The highest BCUT2D eigenvalue weighted by atomic mass is 16.7. The fourth-order valence-electron chi connectivity index (χ4n) is 4.91. The number of rotatable bonds is 3. The quantitative estimate of drug-likeness (QED) is 0.554. The number of quaternary nitrogens is 1. The predicted molar refractivity (Wildman–Crippen MR) is 120 cm³/mol. The highest BCUT2D eigenvalue weighted by Gasteiger charge is 2.25. The summed E-state index contributed by atoms with van der Waals surface area (Å²) in [6.07, 6.45) is 1.71. The van der Waals surface area contributed by atoms with Crippen LogP contribution < -0.4 is 19.3 Å². The van der Waals surface area contributed by atoms with Gasteiger partial charge in [0.2, 0.25) is 6.79 Å². The van der Waals surface area contributed by atoms with Gasteiger partial charge in [-0.1, -0.05) is 11.6 Å². The van der Waals surface area contributed by atoms with E-state index < -0.39 is 0 Å². The SMILES string of the molecule is Cc1ccc2c(c1)c1ncnc(N3CC[NH+](Cc4ccc5c(c4)OCO5)CC3)c1n2C. The molecule has 7 nitrogen and oxygen atoms in total. The Bertz CT molecular complexity index is 1290. The van der Waals surface area contributed by atoms with Crippen molar-refractivity contribution in [2.24, 2.45) is 7.05 Å². The maximum Gasteiger partial charge on any atom is 0.231 e. The Labute approximate surface area is 180 Å². The van der Waals surface area contributed by atoms with Crippen LogP contribution in [0.4, 0.5) is 5.82 Å². The lowest BCUT2D eigenvalue weighted by molar-refractivity contribution is -0.914. The van der Waals surface area contributed by atoms with E-state index in [0.29, 0.717) is 6.79 Å². The van der Waals surface area contributed by atoms with E-state index in [-0.39, 0.29) is 0 Å². The number of ether oxygens (including phenoxy) is 2. The predicted octanol–water partition coefficient (Wildman–Crippen LogP) is 2.06. The van der Waals surface area contributed by atoms with E-state index >= 15 is 0 Å². The summed E-state index contributed by atoms with van der Waals surface area (Å²) in [4.78, 5) is 13.3. The zero-order chi connectivity index (χ0) is 20.9. The fraction of sp³-hybridized carbons (Fsp3) is 0.333. The second-order valence-corrected chi connectivity index (χ2v) is 8.58. The van der Waals surface area contributed by atoms with Crippen molar-refractivity contribution in [3.05, 3.63) is 53.9 Å². The van der Waals surface area contributed by atoms with Crippen molar-refractivity contribution in [3.63, 3.8) is 0 Å². The van der Waals surface area contributed by atoms with E-state index in [0.717, 1.165) is 61.1 Å². The number of anilines is 1. The number of benzene rings is 2. The van der Waals surface area contributed by atoms with Crippen LogP contribution in [0.3, 0.4) is 0 Å². The van der Waals surface area contributed by atoms with Gasteiger partial charge in [-0.2, -0.15) is 0 Å². The number of aryl methyl sites for hydroxylation is 2. The van der Waals surface area contributed by atoms with Crippen LogP contribution >= 0.6 is 0 Å². The molecule has 1 fully saturated rings. The Kier molecular flexibility index (Phi) is 4.24. The lowest BCUT2D eigenvalue weighted by Crippen LogP contribution is -3.13. The molecule has 1 N–H and O–H groups in total. The molecular formula is C24H26N5O2+. The summed E-state index contributed by atoms with van der Waals surface area (Å²) in [7, 11) is 2.12. The summed E-state index contributed by atoms with van der Waals surface area (Å²) in [5, 5.41) is 1.20. The van der Waals surface area contributed by atoms with Gasteiger partial charge in [0.1, 0.15) is 23.9 Å². The molecule has 0 atom stereocenters. The summed E-state index contributed by atoms with van der Waals surface area (Å²) >= 11 is 0. The molecule has 0 bridgehead atoms. The van der Waals surface area contributed by atoms with E-state index in [1.165, 1.54) is 22.0 Å². The minimum Gasteiger partial charge on any atom is -0.454 e. The van der Waals surface area contributed by atoms with Crippen molar-refractivity contribution in [3.8, 4) is 11.5 Å². The minimum atomic E-state index is 0.325. The molecule has 4 heterocycles. The Hall–Kier alpha value is -3.32. The summed E-state index contributed by atoms with van der Waals surface area (Å²) in [6.45, 7) is 7.55. The Morgan fingerprint density at radius 1 is 1.00 bits per heavy atom. The first-order valence-electron chi connectivity index (χ1n) is 10.8. The second kappa shape index (κ2) is 7.13. The summed E-state index contributed by atoms with van der Waals surface area (Å²) in [6, 6.07) is 12.9. The molecule has 2 aliphatic rings. The third-order valence-electron chi connectivity index (χ3n) is 6.57. The van der Waals surface area contributed by atoms with Gasteiger partial charge in [-0.3, -0.25) is 0 Å². The molecule has 4 aromatic rings. The van der Waals surface area contributed by atoms with Crippen LogP contribution in [-0.2, 0) is 13.6 Å². The molecule has 0 saturated carbocycles. The van der Waals surface area contributed by atoms with Crippen molar-refractivity contribution in [1.29, 1.82) is 0 Å². The smallest absolute Gasteiger partial charge is 0.231 e. The molecule has 1 saturated heterocycles. The monoisotopic (exact) mass is 416 g/mol. The number of aromatic nitrogens is 3. The molecule has 6 rings (SSSR count). The molecule has 0 radical (unpaired) electrons. The molecule has 2 aliphatic heterocycles. The Balaban J connectivity index is 1.24. The van der Waals surface area contributed by atoms with Gasteiger partial charge in [0.25, 0.3) is 0 Å². The number of hydrogen-bond donors (Lipinski definition) is 1. The zero-order valence-electron chi connectivity index (χ0n) is 17.9. The van der Waals surface area contributed by atoms with Gasteiger partial charge < -0.3 is 23.8 Å². The van der Waals surface area contributed by atoms with Gasteiger partial charge in [0.15, 0.2) is 17.3 Å². The van der Waals surface area contributed by atoms with Crippen LogP contribution in [0, 0.1) is 6.92 Å². The molecule has 0 aliphatic carbocycles. The van der Waals surface area contributed by atoms with E-state index in [9.17, 15) is 0 Å². The molecule has 0 unspecified atom stereocenters. The first kappa shape index (κ1) is 18.4. The largest absolute Gasteiger partial charge is 0.454 e. The highest BCUT2D eigenvalue weighted by Crippen LogP contribution is 2.33. The summed E-state index contributed by atoms with van der Waals surface area (Å²) in [5.41, 5.74) is 5.92. The van der Waals surface area contributed by atoms with Crippen molar-refractivity contribution in [2.45, 2.75) is 13.5 Å². The molecule has 158 valence electrons. The third kappa shape index (κ3) is 3.08. The standard InChI is InChI=1S/C24H25N5O2/c1-16-3-5-19-18(11-16)22-23(27(19)2)24(26-14-25-22)29-9-7-28(8-10-29)13-17-4-6-20-21(12-17)31-15-30-20/h3-6,11-12,14H,7-10,13,15H2,1-2H3/p+1. The Morgan fingerprint density at radius 3 is 2.71 bits per heavy atom. The van der Waals surface area contributed by atoms with E-state index in [2.05, 4.69) is 58.8 Å². The van der Waals surface area contributed by atoms with E-state index in [1.807, 2.05) is 6.07 Å². The van der Waals surface area contributed by atoms with Gasteiger partial charge in [-0.25, -0.2) is 9.97 Å². The number of hydrogen-bond acceptors (Lipinski definition) is 5. The summed E-state index contributed by atoms with van der Waals surface area (Å²) < 4.78 is 13.2. The second-order valence-electron chi connectivity index (χ2n) is 8.58. The normalized spacial score (nSPS) is 16.5. The number of piperazine rings is 1. The number of nitrogens with zero attached hydrogens (tertiary/aromatic N) is 4. The van der Waals surface area contributed by atoms with Crippen LogP contribution in [-0.4, -0.2) is 47.5 Å². The Morgan fingerprint density at radius 2 is 1.84 bits per heavy atom. The van der Waals surface area contributed by atoms with Crippen LogP contribution in [0.2, 0.25) is 0 Å². The van der Waals surface area contributed by atoms with Crippen molar-refractivity contribution in [2.75, 3.05) is 37.9 Å². The highest BCUT2D eigenvalue weighted by molar-refractivity contribution is 6.09. The van der Waals surface area contributed by atoms with Crippen LogP contribution in [0.15, 0.2) is 42.7 Å². The molecular weight excluding hydrogens is 390 g/mol. The molecule has 2 aromatic carbocycles. The number of nitrogens with one attached hydrogen (secondary N) is 1. The van der Waals surface area contributed by atoms with Crippen LogP contribution in [0.25, 0.3) is 21.9 Å². The van der Waals surface area contributed by atoms with E-state index in [1.54, 1.807) is 11.2 Å². The first-order valence-corrected chi connectivity index (χ1v) is 10.8. The van der Waals surface area contributed by atoms with Gasteiger partial charge in [-0.15, -0.1) is 0 Å². The third-order valence-corrected chi connectivity index (χ3v) is 6.57.